The molecule has 3 N–H and O–H groups in total. The van der Waals surface area contributed by atoms with Crippen LogP contribution < -0.4 is 15.4 Å². The van der Waals surface area contributed by atoms with E-state index in [1.54, 1.807) is 24.3 Å². The Bertz CT molecular complexity index is 881. The SMILES string of the molecule is CCCCNS(=O)(=O)c1ccc(NC(=O)CCNC(=O)c2ccccc2)cc1. The first kappa shape index (κ1) is 21.6. The molecule has 0 atom stereocenters. The van der Waals surface area contributed by atoms with Crippen molar-refractivity contribution in [3.05, 3.63) is 60.2 Å². The van der Waals surface area contributed by atoms with Crippen LogP contribution in [0.25, 0.3) is 0 Å². The molecule has 7 nitrogen and oxygen atoms in total. The second-order valence-corrected chi connectivity index (χ2v) is 7.96. The highest BCUT2D eigenvalue weighted by atomic mass is 32.2. The number of benzene rings is 2. The summed E-state index contributed by atoms with van der Waals surface area (Å²) in [5.74, 6) is -0.511. The van der Waals surface area contributed by atoms with Gasteiger partial charge in [-0.2, -0.15) is 0 Å². The molecule has 0 saturated carbocycles. The number of nitrogens with one attached hydrogen (secondary N) is 3. The summed E-state index contributed by atoms with van der Waals surface area (Å²) in [5.41, 5.74) is 1.03. The van der Waals surface area contributed by atoms with Gasteiger partial charge in [-0.3, -0.25) is 9.59 Å². The monoisotopic (exact) mass is 403 g/mol. The van der Waals surface area contributed by atoms with Crippen molar-refractivity contribution in [3.8, 4) is 0 Å². The van der Waals surface area contributed by atoms with E-state index < -0.39 is 10.0 Å². The smallest absolute Gasteiger partial charge is 0.251 e. The number of carbonyl (C=O) groups is 2. The average molecular weight is 404 g/mol. The molecule has 28 heavy (non-hydrogen) atoms. The zero-order chi connectivity index (χ0) is 20.4. The van der Waals surface area contributed by atoms with Crippen molar-refractivity contribution in [2.45, 2.75) is 31.1 Å². The Kier molecular flexibility index (Phi) is 8.16. The molecular formula is C20H25N3O4S. The summed E-state index contributed by atoms with van der Waals surface area (Å²) in [6.07, 6.45) is 1.78. The van der Waals surface area contributed by atoms with Gasteiger partial charge in [-0.25, -0.2) is 13.1 Å². The number of hydrogen-bond acceptors (Lipinski definition) is 4. The summed E-state index contributed by atoms with van der Waals surface area (Å²) < 4.78 is 26.8. The molecule has 0 aliphatic rings. The number of hydrogen-bond donors (Lipinski definition) is 3. The van der Waals surface area contributed by atoms with Gasteiger partial charge < -0.3 is 10.6 Å². The molecule has 0 bridgehead atoms. The molecule has 0 aliphatic carbocycles. The van der Waals surface area contributed by atoms with E-state index in [2.05, 4.69) is 15.4 Å². The van der Waals surface area contributed by atoms with Gasteiger partial charge in [0.25, 0.3) is 5.91 Å². The van der Waals surface area contributed by atoms with Gasteiger partial charge in [-0.1, -0.05) is 31.5 Å². The van der Waals surface area contributed by atoms with Crippen molar-refractivity contribution in [1.82, 2.24) is 10.0 Å². The van der Waals surface area contributed by atoms with E-state index >= 15 is 0 Å². The lowest BCUT2D eigenvalue weighted by atomic mass is 10.2. The topological polar surface area (TPSA) is 104 Å². The Morgan fingerprint density at radius 2 is 1.61 bits per heavy atom. The highest BCUT2D eigenvalue weighted by molar-refractivity contribution is 7.89. The maximum absolute atomic E-state index is 12.1. The Hall–Kier alpha value is -2.71. The number of unbranched alkanes of at least 4 members (excludes halogenated alkanes) is 1. The van der Waals surface area contributed by atoms with Crippen LogP contribution in [0.4, 0.5) is 5.69 Å². The minimum atomic E-state index is -3.54. The number of sulfonamides is 1. The summed E-state index contributed by atoms with van der Waals surface area (Å²) in [4.78, 5) is 24.0. The minimum absolute atomic E-state index is 0.108. The van der Waals surface area contributed by atoms with E-state index in [4.69, 9.17) is 0 Å². The molecule has 0 unspecified atom stereocenters. The highest BCUT2D eigenvalue weighted by Gasteiger charge is 2.13. The Morgan fingerprint density at radius 1 is 0.929 bits per heavy atom. The predicted octanol–water partition coefficient (Wildman–Crippen LogP) is 2.52. The quantitative estimate of drug-likeness (QED) is 0.530. The molecule has 0 spiro atoms. The van der Waals surface area contributed by atoms with Crippen molar-refractivity contribution < 1.29 is 18.0 Å². The van der Waals surface area contributed by atoms with Gasteiger partial charge in [0.05, 0.1) is 4.90 Å². The number of rotatable bonds is 10. The van der Waals surface area contributed by atoms with Crippen LogP contribution >= 0.6 is 0 Å². The maximum atomic E-state index is 12.1. The van der Waals surface area contributed by atoms with Gasteiger partial charge in [0, 0.05) is 30.8 Å². The molecule has 0 aliphatic heterocycles. The van der Waals surface area contributed by atoms with Crippen molar-refractivity contribution in [2.75, 3.05) is 18.4 Å². The standard InChI is InChI=1S/C20H25N3O4S/c1-2-3-14-22-28(26,27)18-11-9-17(10-12-18)23-19(24)13-15-21-20(25)16-7-5-4-6-8-16/h4-12,22H,2-3,13-15H2,1H3,(H,21,25)(H,23,24). The zero-order valence-corrected chi connectivity index (χ0v) is 16.6. The predicted molar refractivity (Wildman–Crippen MR) is 109 cm³/mol. The van der Waals surface area contributed by atoms with Crippen molar-refractivity contribution in [2.24, 2.45) is 0 Å². The number of amides is 2. The fourth-order valence-electron chi connectivity index (χ4n) is 2.39. The molecule has 0 fully saturated rings. The van der Waals surface area contributed by atoms with Crippen LogP contribution in [-0.2, 0) is 14.8 Å². The highest BCUT2D eigenvalue weighted by Crippen LogP contribution is 2.14. The normalized spacial score (nSPS) is 11.0. The van der Waals surface area contributed by atoms with Gasteiger partial charge in [-0.15, -0.1) is 0 Å². The lowest BCUT2D eigenvalue weighted by molar-refractivity contribution is -0.116. The summed E-state index contributed by atoms with van der Waals surface area (Å²) in [5, 5.41) is 5.36. The second kappa shape index (κ2) is 10.6. The lowest BCUT2D eigenvalue weighted by Gasteiger charge is -2.09. The minimum Gasteiger partial charge on any atom is -0.352 e. The van der Waals surface area contributed by atoms with E-state index in [0.717, 1.165) is 12.8 Å². The Balaban J connectivity index is 1.80. The van der Waals surface area contributed by atoms with Gasteiger partial charge in [0.15, 0.2) is 0 Å². The first-order valence-corrected chi connectivity index (χ1v) is 10.6. The molecule has 2 rings (SSSR count). The Labute approximate surface area is 165 Å². The van der Waals surface area contributed by atoms with Crippen molar-refractivity contribution in [3.63, 3.8) is 0 Å². The average Bonchev–Trinajstić information content (AvgIpc) is 2.69. The van der Waals surface area contributed by atoms with Gasteiger partial charge >= 0.3 is 0 Å². The largest absolute Gasteiger partial charge is 0.352 e. The third-order valence-electron chi connectivity index (χ3n) is 3.94. The van der Waals surface area contributed by atoms with Crippen LogP contribution in [0.15, 0.2) is 59.5 Å². The summed E-state index contributed by atoms with van der Waals surface area (Å²) in [7, 11) is -3.54. The number of carbonyl (C=O) groups excluding carboxylic acids is 2. The van der Waals surface area contributed by atoms with Gasteiger partial charge in [0.2, 0.25) is 15.9 Å². The van der Waals surface area contributed by atoms with E-state index in [0.29, 0.717) is 17.8 Å². The molecule has 0 heterocycles. The summed E-state index contributed by atoms with van der Waals surface area (Å²) >= 11 is 0. The molecule has 150 valence electrons. The molecule has 2 aromatic rings. The van der Waals surface area contributed by atoms with Crippen LogP contribution in [-0.4, -0.2) is 33.3 Å². The molecule has 0 radical (unpaired) electrons. The first-order valence-electron chi connectivity index (χ1n) is 9.15. The molecular weight excluding hydrogens is 378 g/mol. The van der Waals surface area contributed by atoms with Crippen LogP contribution in [0.5, 0.6) is 0 Å². The van der Waals surface area contributed by atoms with Gasteiger partial charge in [-0.05, 0) is 42.8 Å². The molecule has 2 aromatic carbocycles. The summed E-state index contributed by atoms with van der Waals surface area (Å²) in [6.45, 7) is 2.58. The zero-order valence-electron chi connectivity index (χ0n) is 15.8. The van der Waals surface area contributed by atoms with Crippen molar-refractivity contribution >= 4 is 27.5 Å². The van der Waals surface area contributed by atoms with Crippen LogP contribution in [0.2, 0.25) is 0 Å². The number of anilines is 1. The third kappa shape index (κ3) is 6.79. The van der Waals surface area contributed by atoms with Crippen molar-refractivity contribution in [1.29, 1.82) is 0 Å². The van der Waals surface area contributed by atoms with E-state index in [1.165, 1.54) is 24.3 Å². The van der Waals surface area contributed by atoms with E-state index in [-0.39, 0.29) is 29.7 Å². The van der Waals surface area contributed by atoms with Gasteiger partial charge in [0.1, 0.15) is 0 Å². The molecule has 8 heteroatoms. The second-order valence-electron chi connectivity index (χ2n) is 6.20. The maximum Gasteiger partial charge on any atom is 0.251 e. The molecule has 0 saturated heterocycles. The van der Waals surface area contributed by atoms with Crippen LogP contribution in [0, 0.1) is 0 Å². The third-order valence-corrected chi connectivity index (χ3v) is 5.42. The fraction of sp³-hybridized carbons (Fsp3) is 0.300. The first-order chi connectivity index (χ1) is 13.4. The summed E-state index contributed by atoms with van der Waals surface area (Å²) in [6, 6.07) is 14.7. The van der Waals surface area contributed by atoms with E-state index in [9.17, 15) is 18.0 Å². The van der Waals surface area contributed by atoms with E-state index in [1.807, 2.05) is 13.0 Å². The Morgan fingerprint density at radius 3 is 2.25 bits per heavy atom. The lowest BCUT2D eigenvalue weighted by Crippen LogP contribution is -2.27. The molecule has 2 amide bonds. The van der Waals surface area contributed by atoms with Crippen LogP contribution in [0.3, 0.4) is 0 Å². The molecule has 0 aromatic heterocycles. The van der Waals surface area contributed by atoms with Crippen LogP contribution in [0.1, 0.15) is 36.5 Å². The fourth-order valence-corrected chi connectivity index (χ4v) is 3.46.